The number of rotatable bonds is 4. The molecule has 0 amide bonds. The SMILES string of the molecule is COC(=O)C1CCCN1c1ccc(S(=O)(=O)N(C)C)cn1. The summed E-state index contributed by atoms with van der Waals surface area (Å²) in [5.41, 5.74) is 0. The maximum Gasteiger partial charge on any atom is 0.328 e. The van der Waals surface area contributed by atoms with Gasteiger partial charge in [-0.05, 0) is 25.0 Å². The smallest absolute Gasteiger partial charge is 0.328 e. The number of ether oxygens (including phenoxy) is 1. The van der Waals surface area contributed by atoms with E-state index in [1.807, 2.05) is 4.90 Å². The van der Waals surface area contributed by atoms with E-state index in [1.54, 1.807) is 6.07 Å². The van der Waals surface area contributed by atoms with E-state index in [9.17, 15) is 13.2 Å². The third-order valence-corrected chi connectivity index (χ3v) is 5.32. The number of carbonyl (C=O) groups excluding carboxylic acids is 1. The van der Waals surface area contributed by atoms with Gasteiger partial charge in [0.1, 0.15) is 16.8 Å². The Morgan fingerprint density at radius 2 is 2.14 bits per heavy atom. The van der Waals surface area contributed by atoms with Crippen molar-refractivity contribution in [2.75, 3.05) is 32.6 Å². The molecule has 0 N–H and O–H groups in total. The molecule has 0 saturated carbocycles. The molecule has 0 spiro atoms. The first kappa shape index (κ1) is 15.7. The molecule has 1 aromatic heterocycles. The van der Waals surface area contributed by atoms with Gasteiger partial charge in [0.25, 0.3) is 0 Å². The molecule has 1 unspecified atom stereocenters. The fourth-order valence-electron chi connectivity index (χ4n) is 2.33. The number of methoxy groups -OCH3 is 1. The van der Waals surface area contributed by atoms with Gasteiger partial charge in [-0.3, -0.25) is 0 Å². The summed E-state index contributed by atoms with van der Waals surface area (Å²) in [7, 11) is 0.808. The molecule has 1 aliphatic rings. The fourth-order valence-corrected chi connectivity index (χ4v) is 3.18. The molecule has 8 heteroatoms. The monoisotopic (exact) mass is 313 g/mol. The molecule has 2 heterocycles. The first-order chi connectivity index (χ1) is 9.87. The standard InChI is InChI=1S/C13H19N3O4S/c1-15(2)21(18,19)10-6-7-12(14-9-10)16-8-4-5-11(16)13(17)20-3/h6-7,9,11H,4-5,8H2,1-3H3. The Labute approximate surface area is 124 Å². The number of nitrogens with zero attached hydrogens (tertiary/aromatic N) is 3. The molecule has 1 atom stereocenters. The lowest BCUT2D eigenvalue weighted by atomic mass is 10.2. The summed E-state index contributed by atoms with van der Waals surface area (Å²) in [6.45, 7) is 0.701. The summed E-state index contributed by atoms with van der Waals surface area (Å²) < 4.78 is 29.9. The van der Waals surface area contributed by atoms with Crippen LogP contribution in [0.1, 0.15) is 12.8 Å². The highest BCUT2D eigenvalue weighted by Gasteiger charge is 2.32. The van der Waals surface area contributed by atoms with Gasteiger partial charge in [-0.15, -0.1) is 0 Å². The molecular weight excluding hydrogens is 294 g/mol. The lowest BCUT2D eigenvalue weighted by Gasteiger charge is -2.23. The predicted octanol–water partition coefficient (Wildman–Crippen LogP) is 0.474. The van der Waals surface area contributed by atoms with Crippen LogP contribution in [0.2, 0.25) is 0 Å². The van der Waals surface area contributed by atoms with E-state index in [-0.39, 0.29) is 16.9 Å². The summed E-state index contributed by atoms with van der Waals surface area (Å²) in [5.74, 6) is 0.292. The number of hydrogen-bond donors (Lipinski definition) is 0. The number of anilines is 1. The molecule has 21 heavy (non-hydrogen) atoms. The molecule has 116 valence electrons. The zero-order chi connectivity index (χ0) is 15.6. The van der Waals surface area contributed by atoms with Crippen LogP contribution in [-0.4, -0.2) is 57.5 Å². The van der Waals surface area contributed by atoms with Gasteiger partial charge in [0.05, 0.1) is 7.11 Å². The summed E-state index contributed by atoms with van der Waals surface area (Å²) in [5, 5.41) is 0. The summed E-state index contributed by atoms with van der Waals surface area (Å²) in [6.07, 6.45) is 2.91. The predicted molar refractivity (Wildman–Crippen MR) is 77.5 cm³/mol. The maximum absolute atomic E-state index is 12.0. The second-order valence-electron chi connectivity index (χ2n) is 5.01. The Hall–Kier alpha value is -1.67. The van der Waals surface area contributed by atoms with Crippen molar-refractivity contribution in [3.63, 3.8) is 0 Å². The number of sulfonamides is 1. The largest absolute Gasteiger partial charge is 0.467 e. The number of aromatic nitrogens is 1. The van der Waals surface area contributed by atoms with Crippen LogP contribution in [-0.2, 0) is 19.6 Å². The van der Waals surface area contributed by atoms with Crippen LogP contribution in [0.4, 0.5) is 5.82 Å². The molecule has 7 nitrogen and oxygen atoms in total. The highest BCUT2D eigenvalue weighted by molar-refractivity contribution is 7.89. The maximum atomic E-state index is 12.0. The molecule has 1 aliphatic heterocycles. The minimum absolute atomic E-state index is 0.130. The van der Waals surface area contributed by atoms with Gasteiger partial charge in [0.2, 0.25) is 10.0 Å². The van der Waals surface area contributed by atoms with E-state index in [1.165, 1.54) is 33.5 Å². The normalized spacial score (nSPS) is 19.0. The Kier molecular flexibility index (Phi) is 4.48. The average Bonchev–Trinajstić information content (AvgIpc) is 2.95. The fraction of sp³-hybridized carbons (Fsp3) is 0.538. The van der Waals surface area contributed by atoms with Gasteiger partial charge >= 0.3 is 5.97 Å². The Bertz CT molecular complexity index is 613. The van der Waals surface area contributed by atoms with Crippen LogP contribution < -0.4 is 4.90 Å². The molecule has 0 radical (unpaired) electrons. The first-order valence-corrected chi connectivity index (χ1v) is 8.05. The molecule has 0 aliphatic carbocycles. The quantitative estimate of drug-likeness (QED) is 0.752. The lowest BCUT2D eigenvalue weighted by Crippen LogP contribution is -2.37. The number of esters is 1. The van der Waals surface area contributed by atoms with E-state index < -0.39 is 10.0 Å². The minimum Gasteiger partial charge on any atom is -0.467 e. The molecule has 2 rings (SSSR count). The van der Waals surface area contributed by atoms with Crippen molar-refractivity contribution in [1.29, 1.82) is 0 Å². The van der Waals surface area contributed by atoms with Gasteiger partial charge in [-0.2, -0.15) is 0 Å². The van der Waals surface area contributed by atoms with Crippen LogP contribution in [0, 0.1) is 0 Å². The van der Waals surface area contributed by atoms with Gasteiger partial charge in [0.15, 0.2) is 0 Å². The summed E-state index contributed by atoms with van der Waals surface area (Å²) in [6, 6.07) is 2.78. The summed E-state index contributed by atoms with van der Waals surface area (Å²) >= 11 is 0. The van der Waals surface area contributed by atoms with Gasteiger partial charge in [0, 0.05) is 26.8 Å². The topological polar surface area (TPSA) is 79.8 Å². The third kappa shape index (κ3) is 3.01. The molecule has 1 fully saturated rings. The van der Waals surface area contributed by atoms with Crippen molar-refractivity contribution in [2.45, 2.75) is 23.8 Å². The zero-order valence-electron chi connectivity index (χ0n) is 12.3. The third-order valence-electron chi connectivity index (χ3n) is 3.52. The number of hydrogen-bond acceptors (Lipinski definition) is 6. The van der Waals surface area contributed by atoms with Crippen molar-refractivity contribution in [3.8, 4) is 0 Å². The number of pyridine rings is 1. The molecule has 0 bridgehead atoms. The van der Waals surface area contributed by atoms with E-state index in [0.29, 0.717) is 18.8 Å². The zero-order valence-corrected chi connectivity index (χ0v) is 13.1. The van der Waals surface area contributed by atoms with Gasteiger partial charge in [-0.1, -0.05) is 0 Å². The van der Waals surface area contributed by atoms with E-state index in [0.717, 1.165) is 10.7 Å². The average molecular weight is 313 g/mol. The molecule has 1 saturated heterocycles. The van der Waals surface area contributed by atoms with Crippen molar-refractivity contribution in [2.24, 2.45) is 0 Å². The molecule has 1 aromatic rings. The van der Waals surface area contributed by atoms with Crippen molar-refractivity contribution < 1.29 is 17.9 Å². The van der Waals surface area contributed by atoms with Crippen molar-refractivity contribution in [3.05, 3.63) is 18.3 Å². The molecule has 0 aromatic carbocycles. The highest BCUT2D eigenvalue weighted by Crippen LogP contribution is 2.25. The summed E-state index contributed by atoms with van der Waals surface area (Å²) in [4.78, 5) is 17.9. The Balaban J connectivity index is 2.25. The van der Waals surface area contributed by atoms with Crippen LogP contribution in [0.5, 0.6) is 0 Å². The van der Waals surface area contributed by atoms with E-state index in [2.05, 4.69) is 4.98 Å². The highest BCUT2D eigenvalue weighted by atomic mass is 32.2. The van der Waals surface area contributed by atoms with Gasteiger partial charge in [-0.25, -0.2) is 22.5 Å². The Morgan fingerprint density at radius 1 is 1.43 bits per heavy atom. The number of carbonyl (C=O) groups is 1. The Morgan fingerprint density at radius 3 is 2.67 bits per heavy atom. The van der Waals surface area contributed by atoms with Crippen LogP contribution in [0.15, 0.2) is 23.2 Å². The second-order valence-corrected chi connectivity index (χ2v) is 7.17. The van der Waals surface area contributed by atoms with Crippen molar-refractivity contribution >= 4 is 21.8 Å². The minimum atomic E-state index is -3.49. The lowest BCUT2D eigenvalue weighted by molar-refractivity contribution is -0.141. The first-order valence-electron chi connectivity index (χ1n) is 6.61. The van der Waals surface area contributed by atoms with Crippen LogP contribution >= 0.6 is 0 Å². The van der Waals surface area contributed by atoms with E-state index >= 15 is 0 Å². The van der Waals surface area contributed by atoms with Crippen LogP contribution in [0.3, 0.4) is 0 Å². The van der Waals surface area contributed by atoms with Gasteiger partial charge < -0.3 is 9.64 Å². The second kappa shape index (κ2) is 5.98. The molecular formula is C13H19N3O4S. The van der Waals surface area contributed by atoms with E-state index in [4.69, 9.17) is 4.74 Å². The van der Waals surface area contributed by atoms with Crippen LogP contribution in [0.25, 0.3) is 0 Å². The van der Waals surface area contributed by atoms with Crippen molar-refractivity contribution in [1.82, 2.24) is 9.29 Å².